The lowest BCUT2D eigenvalue weighted by Gasteiger charge is -1.51. The Morgan fingerprint density at radius 1 is 2.00 bits per heavy atom. The fourth-order valence-electron chi connectivity index (χ4n) is 0. The molecular formula is H3N2OP. The molecule has 0 atom stereocenters. The zero-order valence-electron chi connectivity index (χ0n) is 1.92. The first kappa shape index (κ1) is 4.02. The van der Waals surface area contributed by atoms with Crippen LogP contribution in [0.4, 0.5) is 0 Å². The Morgan fingerprint density at radius 3 is 2.25 bits per heavy atom. The van der Waals surface area contributed by atoms with Gasteiger partial charge in [-0.15, -0.1) is 4.91 Å². The first-order chi connectivity index (χ1) is 1.91. The van der Waals surface area contributed by atoms with Crippen molar-refractivity contribution in [2.45, 2.75) is 0 Å². The minimum absolute atomic E-state index is 0.179. The van der Waals surface area contributed by atoms with E-state index in [4.69, 9.17) is 5.21 Å². The topological polar surface area (TPSA) is 58.6 Å². The Balaban J connectivity index is 2.55. The maximum atomic E-state index is 7.36. The normalized spacial score (nSPS) is 9.50. The van der Waals surface area contributed by atoms with Gasteiger partial charge in [-0.1, -0.05) is 0 Å². The lowest BCUT2D eigenvalue weighted by molar-refractivity contribution is 0.328. The summed E-state index contributed by atoms with van der Waals surface area (Å²) in [7, 11) is 0.179. The van der Waals surface area contributed by atoms with Gasteiger partial charge in [0.15, 0.2) is 0 Å². The van der Waals surface area contributed by atoms with Crippen molar-refractivity contribution in [3.63, 3.8) is 0 Å². The number of hydrogen-bond donors (Lipinski definition) is 2. The van der Waals surface area contributed by atoms with Crippen molar-refractivity contribution < 1.29 is 5.21 Å². The third-order valence-corrected chi connectivity index (χ3v) is 0.155. The summed E-state index contributed by atoms with van der Waals surface area (Å²) in [5, 5.41) is 7.36. The molecule has 0 bridgehead atoms. The van der Waals surface area contributed by atoms with Gasteiger partial charge >= 0.3 is 0 Å². The molecule has 0 heterocycles. The summed E-state index contributed by atoms with van der Waals surface area (Å²) >= 11 is 0. The summed E-state index contributed by atoms with van der Waals surface area (Å²) in [5.74, 6) is 0. The lowest BCUT2D eigenvalue weighted by Crippen LogP contribution is -1.55. The van der Waals surface area contributed by atoms with Gasteiger partial charge in [0.1, 0.15) is 8.52 Å². The summed E-state index contributed by atoms with van der Waals surface area (Å²) in [5.41, 5.74) is 4.58. The second kappa shape index (κ2) is 3.02. The second-order valence-corrected chi connectivity index (χ2v) is 0.615. The van der Waals surface area contributed by atoms with E-state index in [0.717, 1.165) is 0 Å². The summed E-state index contributed by atoms with van der Waals surface area (Å²) in [4.78, 5) is 2.49. The Labute approximate surface area is 25.3 Å². The molecule has 0 amide bonds. The van der Waals surface area contributed by atoms with Crippen molar-refractivity contribution >= 4 is 8.52 Å². The van der Waals surface area contributed by atoms with Crippen molar-refractivity contribution in [3.05, 3.63) is 0 Å². The van der Waals surface area contributed by atoms with Gasteiger partial charge < -0.3 is 0 Å². The summed E-state index contributed by atoms with van der Waals surface area (Å²) in [6.45, 7) is 0. The van der Waals surface area contributed by atoms with Gasteiger partial charge in [-0.25, -0.2) is 0 Å². The zero-order chi connectivity index (χ0) is 3.41. The number of hydrogen-bond acceptors (Lipinski definition) is 1. The zero-order valence-corrected chi connectivity index (χ0v) is 2.81. The molecule has 0 aliphatic heterocycles. The highest BCUT2D eigenvalue weighted by atomic mass is 31.1. The average molecular weight is 78.0 g/mol. The minimum atomic E-state index is 0.179. The van der Waals surface area contributed by atoms with Crippen LogP contribution in [0.1, 0.15) is 0 Å². The molecule has 0 rings (SSSR count). The van der Waals surface area contributed by atoms with Crippen molar-refractivity contribution in [2.24, 2.45) is 10.4 Å². The number of nitrogens with two attached hydrogens (primary N) is 1. The van der Waals surface area contributed by atoms with E-state index in [0.29, 0.717) is 0 Å². The molecule has 24 valence electrons. The van der Waals surface area contributed by atoms with Gasteiger partial charge in [0.25, 0.3) is 0 Å². The molecule has 4 heavy (non-hydrogen) atoms. The first-order valence-corrected chi connectivity index (χ1v) is 1.57. The summed E-state index contributed by atoms with van der Waals surface area (Å²) in [6, 6.07) is 0. The van der Waals surface area contributed by atoms with E-state index < -0.39 is 0 Å². The van der Waals surface area contributed by atoms with E-state index in [2.05, 4.69) is 10.4 Å². The SMILES string of the molecule is NP=NO. The molecule has 0 fully saturated rings. The van der Waals surface area contributed by atoms with Gasteiger partial charge in [-0.3, -0.25) is 10.7 Å². The molecule has 0 spiro atoms. The van der Waals surface area contributed by atoms with Crippen LogP contribution in [0.3, 0.4) is 0 Å². The van der Waals surface area contributed by atoms with Gasteiger partial charge in [0.05, 0.1) is 0 Å². The van der Waals surface area contributed by atoms with Crippen molar-refractivity contribution in [1.82, 2.24) is 0 Å². The maximum absolute atomic E-state index is 7.36. The van der Waals surface area contributed by atoms with Crippen molar-refractivity contribution in [1.29, 1.82) is 0 Å². The van der Waals surface area contributed by atoms with Crippen LogP contribution in [0, 0.1) is 0 Å². The Bertz CT molecular complexity index is 21.2. The molecule has 4 heteroatoms. The van der Waals surface area contributed by atoms with E-state index in [9.17, 15) is 0 Å². The fourth-order valence-corrected chi connectivity index (χ4v) is 0. The molecule has 0 aromatic rings. The van der Waals surface area contributed by atoms with E-state index in [1.54, 1.807) is 0 Å². The van der Waals surface area contributed by atoms with Crippen molar-refractivity contribution in [2.75, 3.05) is 0 Å². The molecule has 0 aromatic heterocycles. The molecular weight excluding hydrogens is 75.0 g/mol. The van der Waals surface area contributed by atoms with Crippen LogP contribution in [-0.2, 0) is 0 Å². The quantitative estimate of drug-likeness (QED) is 0.325. The van der Waals surface area contributed by atoms with E-state index in [-0.39, 0.29) is 8.52 Å². The highest BCUT2D eigenvalue weighted by molar-refractivity contribution is 7.23. The molecule has 0 aromatic carbocycles. The Morgan fingerprint density at radius 2 is 2.25 bits per heavy atom. The van der Waals surface area contributed by atoms with Crippen LogP contribution >= 0.6 is 8.52 Å². The Kier molecular flexibility index (Phi) is 3.04. The molecule has 0 radical (unpaired) electrons. The average Bonchev–Trinajstić information content (AvgIpc) is 1.37. The predicted octanol–water partition coefficient (Wildman–Crippen LogP) is 0.379. The van der Waals surface area contributed by atoms with Gasteiger partial charge in [0, 0.05) is 0 Å². The smallest absolute Gasteiger partial charge is 0.124 e. The first-order valence-electron chi connectivity index (χ1n) is 0.658. The fraction of sp³-hybridized carbons (Fsp3) is 0. The monoisotopic (exact) mass is 78.0 g/mol. The lowest BCUT2D eigenvalue weighted by atomic mass is 13.6. The number of rotatable bonds is 0. The molecule has 3 nitrogen and oxygen atoms in total. The Hall–Kier alpha value is 0.0200. The van der Waals surface area contributed by atoms with Gasteiger partial charge in [0.2, 0.25) is 0 Å². The van der Waals surface area contributed by atoms with Crippen LogP contribution in [-0.4, -0.2) is 5.21 Å². The van der Waals surface area contributed by atoms with Gasteiger partial charge in [-0.2, -0.15) is 0 Å². The van der Waals surface area contributed by atoms with Crippen LogP contribution in [0.5, 0.6) is 0 Å². The molecule has 0 aliphatic rings. The van der Waals surface area contributed by atoms with E-state index in [1.165, 1.54) is 0 Å². The van der Waals surface area contributed by atoms with Crippen LogP contribution < -0.4 is 5.50 Å². The van der Waals surface area contributed by atoms with Gasteiger partial charge in [-0.05, 0) is 0 Å². The van der Waals surface area contributed by atoms with Crippen LogP contribution in [0.25, 0.3) is 0 Å². The molecule has 3 N–H and O–H groups in total. The summed E-state index contributed by atoms with van der Waals surface area (Å²) in [6.07, 6.45) is 0. The predicted molar refractivity (Wildman–Crippen MR) is 15.3 cm³/mol. The molecule has 0 aliphatic carbocycles. The minimum Gasteiger partial charge on any atom is -0.267 e. The molecule has 0 unspecified atom stereocenters. The highest BCUT2D eigenvalue weighted by Gasteiger charge is 1.35. The highest BCUT2D eigenvalue weighted by Crippen LogP contribution is 1.71. The second-order valence-electron chi connectivity index (χ2n) is 0.205. The van der Waals surface area contributed by atoms with E-state index in [1.807, 2.05) is 0 Å². The standard InChI is InChI=1S/H3N2OP/c1-4-2-3/h3H,(H2,1,2). The van der Waals surface area contributed by atoms with E-state index >= 15 is 0 Å². The summed E-state index contributed by atoms with van der Waals surface area (Å²) < 4.78 is 0. The molecule has 0 saturated carbocycles. The van der Waals surface area contributed by atoms with Crippen molar-refractivity contribution in [3.8, 4) is 0 Å². The maximum Gasteiger partial charge on any atom is 0.124 e. The van der Waals surface area contributed by atoms with Crippen LogP contribution in [0.15, 0.2) is 4.91 Å². The number of nitrogens with zero attached hydrogens (tertiary/aromatic N) is 1. The largest absolute Gasteiger partial charge is 0.267 e. The van der Waals surface area contributed by atoms with Crippen LogP contribution in [0.2, 0.25) is 0 Å². The molecule has 0 saturated heterocycles. The third-order valence-electron chi connectivity index (χ3n) is 0.0516. The third kappa shape index (κ3) is 2.02.